The molecule has 2 amide bonds. The molecule has 1 aromatic carbocycles. The van der Waals surface area contributed by atoms with Gasteiger partial charge in [-0.15, -0.1) is 0 Å². The van der Waals surface area contributed by atoms with Crippen molar-refractivity contribution in [3.63, 3.8) is 0 Å². The number of carbonyl (C=O) groups is 3. The normalized spacial score (nSPS) is 18.2. The van der Waals surface area contributed by atoms with Gasteiger partial charge in [0.15, 0.2) is 6.61 Å². The second-order valence-corrected chi connectivity index (χ2v) is 8.20. The molecular weight excluding hydrogens is 412 g/mol. The third-order valence-corrected chi connectivity index (χ3v) is 6.06. The summed E-state index contributed by atoms with van der Waals surface area (Å²) in [6.07, 6.45) is 5.36. The van der Waals surface area contributed by atoms with Crippen molar-refractivity contribution in [1.82, 2.24) is 10.2 Å². The van der Waals surface area contributed by atoms with Crippen LogP contribution in [0.2, 0.25) is 0 Å². The van der Waals surface area contributed by atoms with Gasteiger partial charge >= 0.3 is 5.97 Å². The lowest BCUT2D eigenvalue weighted by molar-refractivity contribution is -0.125. The number of nitriles is 1. The van der Waals surface area contributed by atoms with Crippen LogP contribution >= 0.6 is 0 Å². The van der Waals surface area contributed by atoms with Crippen molar-refractivity contribution in [2.24, 2.45) is 0 Å². The molecule has 0 atom stereocenters. The fourth-order valence-corrected chi connectivity index (χ4v) is 4.35. The predicted octanol–water partition coefficient (Wildman–Crippen LogP) is 1.85. The van der Waals surface area contributed by atoms with Crippen LogP contribution in [0.3, 0.4) is 0 Å². The molecule has 1 aromatic rings. The Bertz CT molecular complexity index is 837. The summed E-state index contributed by atoms with van der Waals surface area (Å²) in [6, 6.07) is 7.85. The number of nitrogens with zero attached hydrogens (tertiary/aromatic N) is 2. The van der Waals surface area contributed by atoms with Gasteiger partial charge in [0, 0.05) is 30.9 Å². The highest BCUT2D eigenvalue weighted by Crippen LogP contribution is 2.33. The number of nitrogens with one attached hydrogen (secondary N) is 2. The van der Waals surface area contributed by atoms with Gasteiger partial charge in [0.1, 0.15) is 6.42 Å². The monoisotopic (exact) mass is 442 g/mol. The van der Waals surface area contributed by atoms with Gasteiger partial charge in [-0.2, -0.15) is 5.26 Å². The fourth-order valence-electron chi connectivity index (χ4n) is 4.35. The average molecular weight is 443 g/mol. The lowest BCUT2D eigenvalue weighted by atomic mass is 9.79. The van der Waals surface area contributed by atoms with E-state index in [9.17, 15) is 14.4 Å². The summed E-state index contributed by atoms with van der Waals surface area (Å²) in [5.41, 5.74) is 0.696. The summed E-state index contributed by atoms with van der Waals surface area (Å²) in [5, 5.41) is 14.0. The molecule has 0 aromatic heterocycles. The zero-order chi connectivity index (χ0) is 22.8. The summed E-state index contributed by atoms with van der Waals surface area (Å²) >= 11 is 0. The molecule has 1 saturated carbocycles. The van der Waals surface area contributed by atoms with Crippen molar-refractivity contribution in [3.05, 3.63) is 29.8 Å². The number of rotatable bonds is 8. The van der Waals surface area contributed by atoms with Gasteiger partial charge in [0.2, 0.25) is 5.91 Å². The Kier molecular flexibility index (Phi) is 8.59. The maximum Gasteiger partial charge on any atom is 0.338 e. The third kappa shape index (κ3) is 6.52. The van der Waals surface area contributed by atoms with Gasteiger partial charge in [-0.1, -0.05) is 19.3 Å². The Morgan fingerprint density at radius 1 is 1.06 bits per heavy atom. The maximum absolute atomic E-state index is 12.4. The van der Waals surface area contributed by atoms with Gasteiger partial charge in [-0.3, -0.25) is 14.5 Å². The van der Waals surface area contributed by atoms with E-state index < -0.39 is 11.9 Å². The molecule has 172 valence electrons. The van der Waals surface area contributed by atoms with Gasteiger partial charge < -0.3 is 20.1 Å². The molecule has 0 spiro atoms. The van der Waals surface area contributed by atoms with Crippen LogP contribution in [-0.2, 0) is 19.1 Å². The Balaban J connectivity index is 1.46. The van der Waals surface area contributed by atoms with Crippen LogP contribution < -0.4 is 10.6 Å². The van der Waals surface area contributed by atoms with E-state index in [4.69, 9.17) is 14.7 Å². The number of carbonyl (C=O) groups excluding carboxylic acids is 3. The van der Waals surface area contributed by atoms with Gasteiger partial charge in [-0.25, -0.2) is 4.79 Å². The van der Waals surface area contributed by atoms with Gasteiger partial charge in [-0.05, 0) is 37.1 Å². The molecule has 2 aliphatic rings. The van der Waals surface area contributed by atoms with E-state index in [0.29, 0.717) is 25.4 Å². The number of ether oxygens (including phenoxy) is 2. The first-order chi connectivity index (χ1) is 15.5. The van der Waals surface area contributed by atoms with Crippen molar-refractivity contribution in [2.75, 3.05) is 44.8 Å². The largest absolute Gasteiger partial charge is 0.452 e. The molecule has 9 heteroatoms. The van der Waals surface area contributed by atoms with E-state index >= 15 is 0 Å². The molecule has 2 fully saturated rings. The zero-order valence-corrected chi connectivity index (χ0v) is 18.2. The predicted molar refractivity (Wildman–Crippen MR) is 117 cm³/mol. The standard InChI is InChI=1S/C23H30N4O5/c24-11-8-20(28)26-19-6-4-18(5-7-19)22(30)32-16-21(29)25-17-23(9-2-1-3-10-23)27-12-14-31-15-13-27/h4-7H,1-3,8-10,12-17H2,(H,25,29)(H,26,28). The first kappa shape index (κ1) is 23.7. The number of esters is 1. The van der Waals surface area contributed by atoms with E-state index in [1.807, 2.05) is 0 Å². The van der Waals surface area contributed by atoms with Crippen molar-refractivity contribution in [1.29, 1.82) is 5.26 Å². The van der Waals surface area contributed by atoms with Crippen molar-refractivity contribution >= 4 is 23.5 Å². The minimum atomic E-state index is -0.615. The first-order valence-corrected chi connectivity index (χ1v) is 11.1. The van der Waals surface area contributed by atoms with Crippen LogP contribution in [0, 0.1) is 11.3 Å². The van der Waals surface area contributed by atoms with E-state index in [2.05, 4.69) is 15.5 Å². The lowest BCUT2D eigenvalue weighted by Gasteiger charge is -2.48. The van der Waals surface area contributed by atoms with E-state index in [1.165, 1.54) is 18.6 Å². The SMILES string of the molecule is N#CCC(=O)Nc1ccc(C(=O)OCC(=O)NCC2(N3CCOCC3)CCCCC2)cc1. The van der Waals surface area contributed by atoms with E-state index in [0.717, 1.165) is 38.8 Å². The second kappa shape index (κ2) is 11.6. The number of benzene rings is 1. The molecule has 9 nitrogen and oxygen atoms in total. The van der Waals surface area contributed by atoms with Gasteiger partial charge in [0.25, 0.3) is 5.91 Å². The summed E-state index contributed by atoms with van der Waals surface area (Å²) in [4.78, 5) is 38.5. The molecule has 1 saturated heterocycles. The summed E-state index contributed by atoms with van der Waals surface area (Å²) in [5.74, 6) is -1.36. The second-order valence-electron chi connectivity index (χ2n) is 8.20. The molecular formula is C23H30N4O5. The number of morpholine rings is 1. The summed E-state index contributed by atoms with van der Waals surface area (Å²) in [7, 11) is 0. The van der Waals surface area contributed by atoms with E-state index in [-0.39, 0.29) is 30.0 Å². The third-order valence-electron chi connectivity index (χ3n) is 6.06. The molecule has 0 bridgehead atoms. The highest BCUT2D eigenvalue weighted by Gasteiger charge is 2.38. The van der Waals surface area contributed by atoms with Crippen LogP contribution in [0.5, 0.6) is 0 Å². The Hall–Kier alpha value is -2.96. The van der Waals surface area contributed by atoms with Crippen molar-refractivity contribution in [3.8, 4) is 6.07 Å². The number of hydrogen-bond acceptors (Lipinski definition) is 7. The molecule has 3 rings (SSSR count). The minimum Gasteiger partial charge on any atom is -0.452 e. The Labute approximate surface area is 188 Å². The average Bonchev–Trinajstić information content (AvgIpc) is 2.83. The van der Waals surface area contributed by atoms with Crippen molar-refractivity contribution < 1.29 is 23.9 Å². The smallest absolute Gasteiger partial charge is 0.338 e. The minimum absolute atomic E-state index is 0.0481. The van der Waals surface area contributed by atoms with E-state index in [1.54, 1.807) is 18.2 Å². The van der Waals surface area contributed by atoms with Crippen LogP contribution in [0.1, 0.15) is 48.9 Å². The molecule has 0 unspecified atom stereocenters. The van der Waals surface area contributed by atoms with Crippen LogP contribution in [0.25, 0.3) is 0 Å². The molecule has 1 aliphatic heterocycles. The molecule has 1 heterocycles. The highest BCUT2D eigenvalue weighted by atomic mass is 16.5. The Morgan fingerprint density at radius 3 is 2.41 bits per heavy atom. The highest BCUT2D eigenvalue weighted by molar-refractivity contribution is 5.94. The quantitative estimate of drug-likeness (QED) is 0.589. The zero-order valence-electron chi connectivity index (χ0n) is 18.2. The first-order valence-electron chi connectivity index (χ1n) is 11.1. The fraction of sp³-hybridized carbons (Fsp3) is 0.565. The number of amides is 2. The van der Waals surface area contributed by atoms with Gasteiger partial charge in [0.05, 0.1) is 24.8 Å². The van der Waals surface area contributed by atoms with Crippen LogP contribution in [0.4, 0.5) is 5.69 Å². The number of hydrogen-bond donors (Lipinski definition) is 2. The summed E-state index contributed by atoms with van der Waals surface area (Å²) < 4.78 is 10.6. The Morgan fingerprint density at radius 2 is 1.75 bits per heavy atom. The topological polar surface area (TPSA) is 121 Å². The maximum atomic E-state index is 12.4. The molecule has 32 heavy (non-hydrogen) atoms. The molecule has 0 radical (unpaired) electrons. The molecule has 1 aliphatic carbocycles. The van der Waals surface area contributed by atoms with Crippen molar-refractivity contribution in [2.45, 2.75) is 44.1 Å². The van der Waals surface area contributed by atoms with Crippen LogP contribution in [0.15, 0.2) is 24.3 Å². The lowest BCUT2D eigenvalue weighted by Crippen LogP contribution is -2.59. The molecule has 2 N–H and O–H groups in total. The summed E-state index contributed by atoms with van der Waals surface area (Å²) in [6.45, 7) is 3.37. The number of anilines is 1. The van der Waals surface area contributed by atoms with Crippen LogP contribution in [-0.4, -0.2) is 67.7 Å².